The standard InChI is InChI=1S/C15H11ClN2O2/c1-9-3-2-6-17-14(9)18-15(19)13-8-10-7-11(16)4-5-12(10)20-13/h2-8H,1H3,(H,17,18,19). The first-order valence-corrected chi connectivity index (χ1v) is 6.43. The fourth-order valence-electron chi connectivity index (χ4n) is 1.91. The van der Waals surface area contributed by atoms with E-state index in [1.165, 1.54) is 0 Å². The molecule has 0 saturated heterocycles. The normalized spacial score (nSPS) is 10.7. The van der Waals surface area contributed by atoms with Crippen LogP contribution in [0.3, 0.4) is 0 Å². The van der Waals surface area contributed by atoms with Gasteiger partial charge in [0.1, 0.15) is 11.4 Å². The average molecular weight is 287 g/mol. The zero-order valence-electron chi connectivity index (χ0n) is 10.7. The number of nitrogens with one attached hydrogen (secondary N) is 1. The smallest absolute Gasteiger partial charge is 0.292 e. The van der Waals surface area contributed by atoms with E-state index in [-0.39, 0.29) is 11.7 Å². The second-order valence-electron chi connectivity index (χ2n) is 4.42. The fraction of sp³-hybridized carbons (Fsp3) is 0.0667. The molecule has 0 spiro atoms. The maximum Gasteiger partial charge on any atom is 0.292 e. The molecule has 2 aromatic heterocycles. The van der Waals surface area contributed by atoms with Gasteiger partial charge in [-0.25, -0.2) is 4.98 Å². The van der Waals surface area contributed by atoms with Gasteiger partial charge in [0.15, 0.2) is 5.76 Å². The van der Waals surface area contributed by atoms with Gasteiger partial charge in [0, 0.05) is 16.6 Å². The molecule has 0 fully saturated rings. The Labute approximate surface area is 120 Å². The molecule has 3 aromatic rings. The lowest BCUT2D eigenvalue weighted by molar-refractivity contribution is 0.0998. The largest absolute Gasteiger partial charge is 0.451 e. The van der Waals surface area contributed by atoms with E-state index in [0.717, 1.165) is 10.9 Å². The zero-order valence-corrected chi connectivity index (χ0v) is 11.4. The maximum atomic E-state index is 12.1. The Hall–Kier alpha value is -2.33. The molecule has 1 aromatic carbocycles. The number of anilines is 1. The Morgan fingerprint density at radius 3 is 2.95 bits per heavy atom. The number of hydrogen-bond donors (Lipinski definition) is 1. The van der Waals surface area contributed by atoms with Gasteiger partial charge in [-0.1, -0.05) is 17.7 Å². The van der Waals surface area contributed by atoms with Crippen LogP contribution in [0.2, 0.25) is 5.02 Å². The molecule has 0 saturated carbocycles. The molecule has 1 amide bonds. The van der Waals surface area contributed by atoms with Crippen LogP contribution >= 0.6 is 11.6 Å². The van der Waals surface area contributed by atoms with E-state index in [0.29, 0.717) is 16.4 Å². The van der Waals surface area contributed by atoms with Gasteiger partial charge in [0.2, 0.25) is 0 Å². The molecule has 0 unspecified atom stereocenters. The van der Waals surface area contributed by atoms with Crippen molar-refractivity contribution in [2.24, 2.45) is 0 Å². The molecule has 0 aliphatic heterocycles. The van der Waals surface area contributed by atoms with Crippen molar-refractivity contribution >= 4 is 34.3 Å². The van der Waals surface area contributed by atoms with Crippen LogP contribution in [-0.4, -0.2) is 10.9 Å². The summed E-state index contributed by atoms with van der Waals surface area (Å²) < 4.78 is 5.50. The Morgan fingerprint density at radius 2 is 2.15 bits per heavy atom. The van der Waals surface area contributed by atoms with Gasteiger partial charge in [-0.15, -0.1) is 0 Å². The van der Waals surface area contributed by atoms with Crippen LogP contribution in [0.5, 0.6) is 0 Å². The van der Waals surface area contributed by atoms with E-state index < -0.39 is 0 Å². The van der Waals surface area contributed by atoms with E-state index in [9.17, 15) is 4.79 Å². The lowest BCUT2D eigenvalue weighted by Gasteiger charge is -2.04. The highest BCUT2D eigenvalue weighted by molar-refractivity contribution is 6.31. The first-order chi connectivity index (χ1) is 9.63. The molecule has 2 heterocycles. The molecule has 3 rings (SSSR count). The summed E-state index contributed by atoms with van der Waals surface area (Å²) >= 11 is 5.91. The highest BCUT2D eigenvalue weighted by Gasteiger charge is 2.14. The summed E-state index contributed by atoms with van der Waals surface area (Å²) in [5, 5.41) is 4.12. The van der Waals surface area contributed by atoms with Gasteiger partial charge in [0.05, 0.1) is 0 Å². The number of carbonyl (C=O) groups excluding carboxylic acids is 1. The topological polar surface area (TPSA) is 55.1 Å². The van der Waals surface area contributed by atoms with Crippen LogP contribution in [-0.2, 0) is 0 Å². The average Bonchev–Trinajstić information content (AvgIpc) is 2.84. The van der Waals surface area contributed by atoms with Gasteiger partial charge in [0.25, 0.3) is 5.91 Å². The fourth-order valence-corrected chi connectivity index (χ4v) is 2.09. The molecule has 100 valence electrons. The van der Waals surface area contributed by atoms with Crippen LogP contribution in [0, 0.1) is 6.92 Å². The van der Waals surface area contributed by atoms with Gasteiger partial charge < -0.3 is 9.73 Å². The van der Waals surface area contributed by atoms with E-state index in [1.54, 1.807) is 30.5 Å². The number of pyridine rings is 1. The lowest BCUT2D eigenvalue weighted by Crippen LogP contribution is -2.12. The Morgan fingerprint density at radius 1 is 1.30 bits per heavy atom. The molecular weight excluding hydrogens is 276 g/mol. The quantitative estimate of drug-likeness (QED) is 0.773. The molecule has 0 atom stereocenters. The van der Waals surface area contributed by atoms with Crippen LogP contribution in [0.1, 0.15) is 16.1 Å². The first kappa shape index (κ1) is 12.7. The van der Waals surface area contributed by atoms with Gasteiger partial charge in [-0.05, 0) is 42.8 Å². The summed E-state index contributed by atoms with van der Waals surface area (Å²) in [6, 6.07) is 10.6. The van der Waals surface area contributed by atoms with Crippen molar-refractivity contribution < 1.29 is 9.21 Å². The number of aromatic nitrogens is 1. The molecule has 4 nitrogen and oxygen atoms in total. The third-order valence-electron chi connectivity index (χ3n) is 2.94. The first-order valence-electron chi connectivity index (χ1n) is 6.05. The van der Waals surface area contributed by atoms with Crippen LogP contribution < -0.4 is 5.32 Å². The monoisotopic (exact) mass is 286 g/mol. The minimum Gasteiger partial charge on any atom is -0.451 e. The summed E-state index contributed by atoms with van der Waals surface area (Å²) in [6.07, 6.45) is 1.63. The van der Waals surface area contributed by atoms with Gasteiger partial charge in [-0.3, -0.25) is 4.79 Å². The van der Waals surface area contributed by atoms with E-state index in [4.69, 9.17) is 16.0 Å². The van der Waals surface area contributed by atoms with E-state index in [1.807, 2.05) is 19.1 Å². The highest BCUT2D eigenvalue weighted by Crippen LogP contribution is 2.23. The number of carbonyl (C=O) groups is 1. The van der Waals surface area contributed by atoms with Gasteiger partial charge >= 0.3 is 0 Å². The highest BCUT2D eigenvalue weighted by atomic mass is 35.5. The van der Waals surface area contributed by atoms with Crippen molar-refractivity contribution in [2.75, 3.05) is 5.32 Å². The van der Waals surface area contributed by atoms with Crippen molar-refractivity contribution in [3.63, 3.8) is 0 Å². The molecule has 0 bridgehead atoms. The summed E-state index contributed by atoms with van der Waals surface area (Å²) in [4.78, 5) is 16.3. The molecule has 0 aliphatic rings. The molecule has 0 radical (unpaired) electrons. The summed E-state index contributed by atoms with van der Waals surface area (Å²) in [5.74, 6) is 0.419. The lowest BCUT2D eigenvalue weighted by atomic mass is 10.2. The number of aryl methyl sites for hydroxylation is 1. The molecular formula is C15H11ClN2O2. The summed E-state index contributed by atoms with van der Waals surface area (Å²) in [5.41, 5.74) is 1.51. The van der Waals surface area contributed by atoms with E-state index in [2.05, 4.69) is 10.3 Å². The molecule has 20 heavy (non-hydrogen) atoms. The molecule has 0 aliphatic carbocycles. The predicted octanol–water partition coefficient (Wildman–Crippen LogP) is 4.04. The minimum absolute atomic E-state index is 0.229. The molecule has 5 heteroatoms. The zero-order chi connectivity index (χ0) is 14.1. The third kappa shape index (κ3) is 2.38. The van der Waals surface area contributed by atoms with E-state index >= 15 is 0 Å². The SMILES string of the molecule is Cc1cccnc1NC(=O)c1cc2cc(Cl)ccc2o1. The number of rotatable bonds is 2. The summed E-state index contributed by atoms with van der Waals surface area (Å²) in [7, 11) is 0. The molecule has 1 N–H and O–H groups in total. The number of amides is 1. The van der Waals surface area contributed by atoms with Crippen LogP contribution in [0.25, 0.3) is 11.0 Å². The number of halogens is 1. The predicted molar refractivity (Wildman–Crippen MR) is 78.2 cm³/mol. The maximum absolute atomic E-state index is 12.1. The van der Waals surface area contributed by atoms with Crippen LogP contribution in [0.4, 0.5) is 5.82 Å². The Bertz CT molecular complexity index is 795. The van der Waals surface area contributed by atoms with Crippen molar-refractivity contribution in [3.8, 4) is 0 Å². The van der Waals surface area contributed by atoms with Crippen molar-refractivity contribution in [2.45, 2.75) is 6.92 Å². The number of benzene rings is 1. The number of furan rings is 1. The van der Waals surface area contributed by atoms with Crippen molar-refractivity contribution in [1.29, 1.82) is 0 Å². The summed E-state index contributed by atoms with van der Waals surface area (Å²) in [6.45, 7) is 1.88. The number of fused-ring (bicyclic) bond motifs is 1. The van der Waals surface area contributed by atoms with Crippen molar-refractivity contribution in [1.82, 2.24) is 4.98 Å². The second-order valence-corrected chi connectivity index (χ2v) is 4.85. The van der Waals surface area contributed by atoms with Crippen molar-refractivity contribution in [3.05, 3.63) is 58.9 Å². The number of nitrogens with zero attached hydrogens (tertiary/aromatic N) is 1. The Balaban J connectivity index is 1.91. The van der Waals surface area contributed by atoms with Crippen LogP contribution in [0.15, 0.2) is 47.0 Å². The minimum atomic E-state index is -0.334. The van der Waals surface area contributed by atoms with Gasteiger partial charge in [-0.2, -0.15) is 0 Å². The second kappa shape index (κ2) is 4.98. The Kier molecular flexibility index (Phi) is 3.16. The third-order valence-corrected chi connectivity index (χ3v) is 3.18. The number of hydrogen-bond acceptors (Lipinski definition) is 3.